The molecule has 0 radical (unpaired) electrons. The van der Waals surface area contributed by atoms with Crippen molar-refractivity contribution in [2.24, 2.45) is 17.8 Å². The average Bonchev–Trinajstić information content (AvgIpc) is 2.37. The third-order valence-corrected chi connectivity index (χ3v) is 5.36. The molecule has 19 heavy (non-hydrogen) atoms. The molecule has 0 spiro atoms. The number of carbonyl (C=O) groups excluding carboxylic acids is 1. The van der Waals surface area contributed by atoms with Crippen molar-refractivity contribution in [1.82, 2.24) is 10.3 Å². The van der Waals surface area contributed by atoms with Gasteiger partial charge in [-0.1, -0.05) is 0 Å². The monoisotopic (exact) mass is 256 g/mol. The standard InChI is InChI=1S/C16H20N2O/c19-15(14-1-3-17-4-2-14)18-16-8-11-5-12(9-16)7-13(6-11)10-16/h1-4,11-13H,5-10H2,(H,18,19). The second-order valence-corrected chi connectivity index (χ2v) is 6.89. The predicted octanol–water partition coefficient (Wildman–Crippen LogP) is 2.78. The van der Waals surface area contributed by atoms with Crippen LogP contribution in [0.3, 0.4) is 0 Å². The van der Waals surface area contributed by atoms with Crippen LogP contribution in [0.1, 0.15) is 48.9 Å². The normalized spacial score (nSPS) is 39.3. The topological polar surface area (TPSA) is 42.0 Å². The number of rotatable bonds is 2. The Morgan fingerprint density at radius 2 is 1.58 bits per heavy atom. The summed E-state index contributed by atoms with van der Waals surface area (Å²) in [6, 6.07) is 3.60. The van der Waals surface area contributed by atoms with Gasteiger partial charge in [-0.15, -0.1) is 0 Å². The lowest BCUT2D eigenvalue weighted by atomic mass is 9.53. The van der Waals surface area contributed by atoms with Crippen LogP contribution in [0.15, 0.2) is 24.5 Å². The summed E-state index contributed by atoms with van der Waals surface area (Å²) < 4.78 is 0. The Labute approximate surface area is 113 Å². The number of nitrogens with one attached hydrogen (secondary N) is 1. The Morgan fingerprint density at radius 3 is 2.11 bits per heavy atom. The van der Waals surface area contributed by atoms with Crippen LogP contribution in [0, 0.1) is 17.8 Å². The van der Waals surface area contributed by atoms with Gasteiger partial charge in [0.25, 0.3) is 5.91 Å². The van der Waals surface area contributed by atoms with Crippen LogP contribution >= 0.6 is 0 Å². The molecule has 1 aromatic rings. The molecule has 1 N–H and O–H groups in total. The minimum Gasteiger partial charge on any atom is -0.347 e. The number of amides is 1. The van der Waals surface area contributed by atoms with Crippen LogP contribution in [0.4, 0.5) is 0 Å². The van der Waals surface area contributed by atoms with Crippen molar-refractivity contribution in [3.05, 3.63) is 30.1 Å². The molecule has 4 aliphatic rings. The first-order chi connectivity index (χ1) is 9.22. The van der Waals surface area contributed by atoms with E-state index in [1.807, 2.05) is 0 Å². The highest BCUT2D eigenvalue weighted by Gasteiger charge is 2.51. The molecule has 4 saturated carbocycles. The number of pyridine rings is 1. The van der Waals surface area contributed by atoms with E-state index in [1.54, 1.807) is 24.5 Å². The molecule has 0 unspecified atom stereocenters. The third-order valence-electron chi connectivity index (χ3n) is 5.36. The van der Waals surface area contributed by atoms with Crippen LogP contribution < -0.4 is 5.32 Å². The van der Waals surface area contributed by atoms with E-state index in [2.05, 4.69) is 10.3 Å². The van der Waals surface area contributed by atoms with E-state index in [4.69, 9.17) is 0 Å². The molecule has 0 aliphatic heterocycles. The molecular formula is C16H20N2O. The second-order valence-electron chi connectivity index (χ2n) is 6.89. The summed E-state index contributed by atoms with van der Waals surface area (Å²) in [6.45, 7) is 0. The quantitative estimate of drug-likeness (QED) is 0.884. The molecule has 1 heterocycles. The maximum atomic E-state index is 12.4. The van der Waals surface area contributed by atoms with E-state index in [0.717, 1.165) is 23.3 Å². The lowest BCUT2D eigenvalue weighted by Gasteiger charge is -2.56. The average molecular weight is 256 g/mol. The largest absolute Gasteiger partial charge is 0.347 e. The number of hydrogen-bond donors (Lipinski definition) is 1. The summed E-state index contributed by atoms with van der Waals surface area (Å²) >= 11 is 0. The van der Waals surface area contributed by atoms with Crippen molar-refractivity contribution >= 4 is 5.91 Å². The van der Waals surface area contributed by atoms with E-state index >= 15 is 0 Å². The summed E-state index contributed by atoms with van der Waals surface area (Å²) in [6.07, 6.45) is 11.2. The zero-order valence-electron chi connectivity index (χ0n) is 11.1. The van der Waals surface area contributed by atoms with Gasteiger partial charge in [-0.3, -0.25) is 9.78 Å². The van der Waals surface area contributed by atoms with Crippen LogP contribution in [-0.2, 0) is 0 Å². The molecule has 1 amide bonds. The lowest BCUT2D eigenvalue weighted by Crippen LogP contribution is -2.59. The van der Waals surface area contributed by atoms with Gasteiger partial charge < -0.3 is 5.32 Å². The highest BCUT2D eigenvalue weighted by atomic mass is 16.1. The van der Waals surface area contributed by atoms with E-state index in [9.17, 15) is 4.79 Å². The van der Waals surface area contributed by atoms with Crippen molar-refractivity contribution < 1.29 is 4.79 Å². The fraction of sp³-hybridized carbons (Fsp3) is 0.625. The Morgan fingerprint density at radius 1 is 1.05 bits per heavy atom. The summed E-state index contributed by atoms with van der Waals surface area (Å²) in [4.78, 5) is 16.4. The fourth-order valence-electron chi connectivity index (χ4n) is 5.08. The maximum absolute atomic E-state index is 12.4. The molecule has 3 heteroatoms. The molecule has 100 valence electrons. The van der Waals surface area contributed by atoms with E-state index < -0.39 is 0 Å². The zero-order valence-corrected chi connectivity index (χ0v) is 11.1. The minimum absolute atomic E-state index is 0.0874. The molecule has 0 saturated heterocycles. The van der Waals surface area contributed by atoms with Gasteiger partial charge in [0.1, 0.15) is 0 Å². The minimum atomic E-state index is 0.0874. The van der Waals surface area contributed by atoms with Crippen molar-refractivity contribution in [2.45, 2.75) is 44.1 Å². The molecule has 5 rings (SSSR count). The fourth-order valence-corrected chi connectivity index (χ4v) is 5.08. The first-order valence-electron chi connectivity index (χ1n) is 7.45. The summed E-state index contributed by atoms with van der Waals surface area (Å²) in [5.41, 5.74) is 0.848. The SMILES string of the molecule is O=C(NC12CC3CC(CC(C3)C1)C2)c1ccncc1. The molecule has 0 atom stereocenters. The highest BCUT2D eigenvalue weighted by Crippen LogP contribution is 2.55. The first kappa shape index (κ1) is 11.4. The molecule has 3 nitrogen and oxygen atoms in total. The molecular weight excluding hydrogens is 236 g/mol. The zero-order chi connectivity index (χ0) is 12.9. The molecule has 4 fully saturated rings. The Kier molecular flexibility index (Phi) is 2.44. The number of nitrogens with zero attached hydrogens (tertiary/aromatic N) is 1. The molecule has 4 bridgehead atoms. The Hall–Kier alpha value is -1.38. The van der Waals surface area contributed by atoms with E-state index in [1.165, 1.54) is 38.5 Å². The highest BCUT2D eigenvalue weighted by molar-refractivity contribution is 5.94. The molecule has 1 aromatic heterocycles. The number of hydrogen-bond acceptors (Lipinski definition) is 2. The van der Waals surface area contributed by atoms with Crippen molar-refractivity contribution in [1.29, 1.82) is 0 Å². The first-order valence-corrected chi connectivity index (χ1v) is 7.45. The van der Waals surface area contributed by atoms with Gasteiger partial charge in [-0.2, -0.15) is 0 Å². The van der Waals surface area contributed by atoms with Crippen LogP contribution in [0.2, 0.25) is 0 Å². The molecule has 0 aromatic carbocycles. The van der Waals surface area contributed by atoms with Gasteiger partial charge in [0, 0.05) is 23.5 Å². The van der Waals surface area contributed by atoms with E-state index in [-0.39, 0.29) is 11.4 Å². The number of carbonyl (C=O) groups is 1. The summed E-state index contributed by atoms with van der Waals surface area (Å²) in [7, 11) is 0. The maximum Gasteiger partial charge on any atom is 0.251 e. The van der Waals surface area contributed by atoms with Crippen LogP contribution in [0.25, 0.3) is 0 Å². The summed E-state index contributed by atoms with van der Waals surface area (Å²) in [5, 5.41) is 3.37. The van der Waals surface area contributed by atoms with Gasteiger partial charge >= 0.3 is 0 Å². The van der Waals surface area contributed by atoms with Crippen LogP contribution in [-0.4, -0.2) is 16.4 Å². The Bertz CT molecular complexity index is 461. The van der Waals surface area contributed by atoms with E-state index in [0.29, 0.717) is 0 Å². The predicted molar refractivity (Wildman–Crippen MR) is 72.6 cm³/mol. The summed E-state index contributed by atoms with van der Waals surface area (Å²) in [5.74, 6) is 2.68. The van der Waals surface area contributed by atoms with Gasteiger partial charge in [-0.25, -0.2) is 0 Å². The lowest BCUT2D eigenvalue weighted by molar-refractivity contribution is -0.0167. The third kappa shape index (κ3) is 1.96. The van der Waals surface area contributed by atoms with Gasteiger partial charge in [-0.05, 0) is 68.4 Å². The van der Waals surface area contributed by atoms with Gasteiger partial charge in [0.15, 0.2) is 0 Å². The van der Waals surface area contributed by atoms with Gasteiger partial charge in [0.2, 0.25) is 0 Å². The van der Waals surface area contributed by atoms with Crippen molar-refractivity contribution in [3.63, 3.8) is 0 Å². The second kappa shape index (κ2) is 4.06. The van der Waals surface area contributed by atoms with Crippen LogP contribution in [0.5, 0.6) is 0 Å². The number of aromatic nitrogens is 1. The van der Waals surface area contributed by atoms with Crippen molar-refractivity contribution in [3.8, 4) is 0 Å². The molecule has 4 aliphatic carbocycles. The Balaban J connectivity index is 1.55. The van der Waals surface area contributed by atoms with Gasteiger partial charge in [0.05, 0.1) is 0 Å². The smallest absolute Gasteiger partial charge is 0.251 e. The van der Waals surface area contributed by atoms with Crippen molar-refractivity contribution in [2.75, 3.05) is 0 Å².